The van der Waals surface area contributed by atoms with Crippen molar-refractivity contribution in [3.8, 4) is 0 Å². The van der Waals surface area contributed by atoms with E-state index in [-0.39, 0.29) is 11.8 Å². The van der Waals surface area contributed by atoms with Crippen LogP contribution >= 0.6 is 11.3 Å². The van der Waals surface area contributed by atoms with Gasteiger partial charge in [-0.3, -0.25) is 9.59 Å². The van der Waals surface area contributed by atoms with Gasteiger partial charge < -0.3 is 14.4 Å². The molecule has 5 nitrogen and oxygen atoms in total. The number of fused-ring (bicyclic) bond motifs is 1. The average molecular weight is 394 g/mol. The van der Waals surface area contributed by atoms with Crippen LogP contribution in [0, 0.1) is 0 Å². The first kappa shape index (κ1) is 18.5. The topological polar surface area (TPSA) is 45.6 Å². The van der Waals surface area contributed by atoms with Gasteiger partial charge in [0.15, 0.2) is 0 Å². The summed E-state index contributed by atoms with van der Waals surface area (Å²) >= 11 is 1.61. The van der Waals surface area contributed by atoms with Crippen LogP contribution in [-0.4, -0.2) is 52.4 Å². The lowest BCUT2D eigenvalue weighted by atomic mass is 10.1. The summed E-state index contributed by atoms with van der Waals surface area (Å²) in [5, 5.41) is 2.98. The highest BCUT2D eigenvalue weighted by Gasteiger charge is 2.26. The minimum Gasteiger partial charge on any atom is -0.347 e. The summed E-state index contributed by atoms with van der Waals surface area (Å²) in [5.74, 6) is 0.0488. The fraction of sp³-hybridized carbons (Fsp3) is 0.273. The molecule has 28 heavy (non-hydrogen) atoms. The molecule has 3 heterocycles. The monoisotopic (exact) mass is 393 g/mol. The number of thiophene rings is 1. The van der Waals surface area contributed by atoms with Crippen molar-refractivity contribution in [1.82, 2.24) is 14.4 Å². The molecule has 0 spiro atoms. The van der Waals surface area contributed by atoms with Gasteiger partial charge >= 0.3 is 0 Å². The third-order valence-electron chi connectivity index (χ3n) is 5.17. The van der Waals surface area contributed by atoms with Gasteiger partial charge in [-0.15, -0.1) is 11.3 Å². The van der Waals surface area contributed by atoms with Gasteiger partial charge in [0.2, 0.25) is 5.91 Å². The van der Waals surface area contributed by atoms with Crippen molar-refractivity contribution in [2.45, 2.75) is 13.5 Å². The van der Waals surface area contributed by atoms with Crippen LogP contribution < -0.4 is 0 Å². The first-order valence-corrected chi connectivity index (χ1v) is 10.4. The fourth-order valence-corrected chi connectivity index (χ4v) is 4.24. The van der Waals surface area contributed by atoms with Crippen LogP contribution in [0.15, 0.2) is 54.1 Å². The molecule has 0 bridgehead atoms. The summed E-state index contributed by atoms with van der Waals surface area (Å²) in [4.78, 5) is 30.2. The van der Waals surface area contributed by atoms with Crippen molar-refractivity contribution >= 4 is 40.1 Å². The van der Waals surface area contributed by atoms with Gasteiger partial charge in [0.1, 0.15) is 0 Å². The van der Waals surface area contributed by atoms with E-state index in [0.717, 1.165) is 27.9 Å². The standard InChI is InChI=1S/C22H23N3O2S/c1-2-23-16-19(18-7-3-4-8-20(18)23)22(27)25-13-11-24(12-14-25)21(26)10-9-17-6-5-15-28-17/h3-10,15-16H,2,11-14H2,1H3/b10-9+. The molecule has 1 aliphatic heterocycles. The van der Waals surface area contributed by atoms with Gasteiger partial charge in [0, 0.05) is 60.8 Å². The number of carbonyl (C=O) groups excluding carboxylic acids is 2. The molecule has 0 atom stereocenters. The first-order valence-electron chi connectivity index (χ1n) is 9.55. The van der Waals surface area contributed by atoms with Crippen LogP contribution in [0.5, 0.6) is 0 Å². The second-order valence-electron chi connectivity index (χ2n) is 6.81. The van der Waals surface area contributed by atoms with Crippen LogP contribution in [0.4, 0.5) is 0 Å². The third-order valence-corrected chi connectivity index (χ3v) is 6.01. The van der Waals surface area contributed by atoms with E-state index in [4.69, 9.17) is 0 Å². The molecule has 2 amide bonds. The molecule has 1 aliphatic rings. The molecule has 2 aromatic heterocycles. The summed E-state index contributed by atoms with van der Waals surface area (Å²) < 4.78 is 2.11. The van der Waals surface area contributed by atoms with E-state index in [0.29, 0.717) is 26.2 Å². The minimum atomic E-state index is 0.00286. The maximum absolute atomic E-state index is 13.1. The van der Waals surface area contributed by atoms with Gasteiger partial charge in [0.05, 0.1) is 5.56 Å². The molecule has 4 rings (SSSR count). The minimum absolute atomic E-state index is 0.00286. The molecule has 144 valence electrons. The fourth-order valence-electron chi connectivity index (χ4n) is 3.62. The predicted molar refractivity (Wildman–Crippen MR) is 113 cm³/mol. The molecule has 1 saturated heterocycles. The number of aryl methyl sites for hydroxylation is 1. The van der Waals surface area contributed by atoms with Crippen molar-refractivity contribution in [1.29, 1.82) is 0 Å². The zero-order valence-electron chi connectivity index (χ0n) is 15.9. The van der Waals surface area contributed by atoms with Crippen molar-refractivity contribution in [3.63, 3.8) is 0 Å². The Hall–Kier alpha value is -2.86. The van der Waals surface area contributed by atoms with Crippen LogP contribution in [0.1, 0.15) is 22.2 Å². The zero-order valence-corrected chi connectivity index (χ0v) is 16.7. The zero-order chi connectivity index (χ0) is 19.5. The maximum atomic E-state index is 13.1. The van der Waals surface area contributed by atoms with E-state index in [9.17, 15) is 9.59 Å². The Morgan fingerprint density at radius 2 is 1.79 bits per heavy atom. The molecular formula is C22H23N3O2S. The summed E-state index contributed by atoms with van der Waals surface area (Å²) in [6.07, 6.45) is 5.43. The Labute approximate surface area is 168 Å². The normalized spacial score (nSPS) is 14.9. The Kier molecular flexibility index (Phi) is 5.30. The lowest BCUT2D eigenvalue weighted by Crippen LogP contribution is -2.50. The molecule has 1 aromatic carbocycles. The number of hydrogen-bond acceptors (Lipinski definition) is 3. The maximum Gasteiger partial charge on any atom is 0.256 e. The summed E-state index contributed by atoms with van der Waals surface area (Å²) in [6, 6.07) is 12.0. The molecule has 0 unspecified atom stereocenters. The van der Waals surface area contributed by atoms with Crippen LogP contribution in [0.3, 0.4) is 0 Å². The SMILES string of the molecule is CCn1cc(C(=O)N2CCN(C(=O)/C=C/c3cccs3)CC2)c2ccccc21. The number of amides is 2. The third kappa shape index (κ3) is 3.60. The lowest BCUT2D eigenvalue weighted by molar-refractivity contribution is -0.127. The van der Waals surface area contributed by atoms with E-state index in [1.165, 1.54) is 0 Å². The smallest absolute Gasteiger partial charge is 0.256 e. The van der Waals surface area contributed by atoms with Crippen LogP contribution in [-0.2, 0) is 11.3 Å². The van der Waals surface area contributed by atoms with E-state index < -0.39 is 0 Å². The quantitative estimate of drug-likeness (QED) is 0.634. The Bertz CT molecular complexity index is 1010. The van der Waals surface area contributed by atoms with Crippen molar-refractivity contribution in [2.24, 2.45) is 0 Å². The Balaban J connectivity index is 1.43. The lowest BCUT2D eigenvalue weighted by Gasteiger charge is -2.34. The molecule has 0 aliphatic carbocycles. The average Bonchev–Trinajstić information content (AvgIpc) is 3.39. The number of hydrogen-bond donors (Lipinski definition) is 0. The molecule has 0 saturated carbocycles. The molecule has 0 radical (unpaired) electrons. The summed E-state index contributed by atoms with van der Waals surface area (Å²) in [7, 11) is 0. The Morgan fingerprint density at radius 3 is 2.50 bits per heavy atom. The van der Waals surface area contributed by atoms with E-state index >= 15 is 0 Å². The number of rotatable bonds is 4. The highest BCUT2D eigenvalue weighted by atomic mass is 32.1. The van der Waals surface area contributed by atoms with Gasteiger partial charge in [-0.1, -0.05) is 24.3 Å². The highest BCUT2D eigenvalue weighted by molar-refractivity contribution is 7.10. The number of nitrogens with zero attached hydrogens (tertiary/aromatic N) is 3. The molecule has 3 aromatic rings. The van der Waals surface area contributed by atoms with E-state index in [1.54, 1.807) is 17.4 Å². The second kappa shape index (κ2) is 8.02. The number of carbonyl (C=O) groups is 2. The number of para-hydroxylation sites is 1. The summed E-state index contributed by atoms with van der Waals surface area (Å²) in [5.41, 5.74) is 1.83. The van der Waals surface area contributed by atoms with Gasteiger partial charge in [-0.05, 0) is 30.5 Å². The largest absolute Gasteiger partial charge is 0.347 e. The Morgan fingerprint density at radius 1 is 1.04 bits per heavy atom. The number of aromatic nitrogens is 1. The van der Waals surface area contributed by atoms with Crippen LogP contribution in [0.25, 0.3) is 17.0 Å². The number of piperazine rings is 1. The summed E-state index contributed by atoms with van der Waals surface area (Å²) in [6.45, 7) is 5.14. The first-order chi connectivity index (χ1) is 13.7. The van der Waals surface area contributed by atoms with Crippen molar-refractivity contribution in [3.05, 3.63) is 64.5 Å². The van der Waals surface area contributed by atoms with Gasteiger partial charge in [-0.2, -0.15) is 0 Å². The molecule has 1 fully saturated rings. The van der Waals surface area contributed by atoms with E-state index in [2.05, 4.69) is 11.5 Å². The highest BCUT2D eigenvalue weighted by Crippen LogP contribution is 2.23. The van der Waals surface area contributed by atoms with Crippen molar-refractivity contribution < 1.29 is 9.59 Å². The molecular weight excluding hydrogens is 370 g/mol. The van der Waals surface area contributed by atoms with Gasteiger partial charge in [-0.25, -0.2) is 0 Å². The van der Waals surface area contributed by atoms with E-state index in [1.807, 2.05) is 63.9 Å². The van der Waals surface area contributed by atoms with Crippen LogP contribution in [0.2, 0.25) is 0 Å². The molecule has 0 N–H and O–H groups in total. The van der Waals surface area contributed by atoms with Crippen molar-refractivity contribution in [2.75, 3.05) is 26.2 Å². The molecule has 6 heteroatoms. The second-order valence-corrected chi connectivity index (χ2v) is 7.79. The van der Waals surface area contributed by atoms with Gasteiger partial charge in [0.25, 0.3) is 5.91 Å². The number of benzene rings is 1. The predicted octanol–water partition coefficient (Wildman–Crippen LogP) is 3.72.